The number of rotatable bonds is 6. The first kappa shape index (κ1) is 21.8. The molecule has 0 saturated carbocycles. The van der Waals surface area contributed by atoms with Gasteiger partial charge in [0.1, 0.15) is 5.75 Å². The summed E-state index contributed by atoms with van der Waals surface area (Å²) in [7, 11) is 0. The van der Waals surface area contributed by atoms with Crippen LogP contribution in [0.5, 0.6) is 5.75 Å². The maximum absolute atomic E-state index is 12.7. The molecular weight excluding hydrogens is 404 g/mol. The van der Waals surface area contributed by atoms with Crippen LogP contribution in [-0.4, -0.2) is 48.5 Å². The first-order valence-electron chi connectivity index (χ1n) is 10.8. The van der Waals surface area contributed by atoms with Crippen molar-refractivity contribution in [3.8, 4) is 17.0 Å². The van der Waals surface area contributed by atoms with Crippen LogP contribution in [0, 0.1) is 13.8 Å². The van der Waals surface area contributed by atoms with Crippen LogP contribution in [0.4, 0.5) is 11.5 Å². The van der Waals surface area contributed by atoms with Gasteiger partial charge in [0.05, 0.1) is 18.9 Å². The number of ether oxygens (including phenoxy) is 2. The van der Waals surface area contributed by atoms with Crippen molar-refractivity contribution in [3.63, 3.8) is 0 Å². The largest absolute Gasteiger partial charge is 0.481 e. The molecule has 4 rings (SSSR count). The molecule has 0 radical (unpaired) electrons. The second kappa shape index (κ2) is 9.78. The molecule has 1 unspecified atom stereocenters. The van der Waals surface area contributed by atoms with E-state index in [9.17, 15) is 4.79 Å². The average Bonchev–Trinajstić information content (AvgIpc) is 2.82. The van der Waals surface area contributed by atoms with Gasteiger partial charge in [0, 0.05) is 24.3 Å². The van der Waals surface area contributed by atoms with Gasteiger partial charge >= 0.3 is 0 Å². The maximum Gasteiger partial charge on any atom is 0.265 e. The lowest BCUT2D eigenvalue weighted by Gasteiger charge is -2.27. The fourth-order valence-electron chi connectivity index (χ4n) is 3.52. The second-order valence-corrected chi connectivity index (χ2v) is 7.98. The summed E-state index contributed by atoms with van der Waals surface area (Å²) in [5, 5.41) is 11.7. The topological polar surface area (TPSA) is 76.6 Å². The van der Waals surface area contributed by atoms with Crippen LogP contribution in [0.15, 0.2) is 54.6 Å². The zero-order valence-corrected chi connectivity index (χ0v) is 18.7. The number of benzene rings is 2. The number of nitrogens with zero attached hydrogens (tertiary/aromatic N) is 3. The van der Waals surface area contributed by atoms with Crippen LogP contribution < -0.4 is 15.0 Å². The van der Waals surface area contributed by atoms with Crippen molar-refractivity contribution in [2.45, 2.75) is 26.9 Å². The Bertz CT molecular complexity index is 1080. The number of carbonyl (C=O) groups is 1. The molecule has 1 aliphatic heterocycles. The summed E-state index contributed by atoms with van der Waals surface area (Å²) in [4.78, 5) is 14.9. The molecule has 7 nitrogen and oxygen atoms in total. The van der Waals surface area contributed by atoms with Crippen LogP contribution in [0.1, 0.15) is 18.1 Å². The minimum Gasteiger partial charge on any atom is -0.481 e. The molecule has 1 atom stereocenters. The Balaban J connectivity index is 1.42. The van der Waals surface area contributed by atoms with Gasteiger partial charge in [0.25, 0.3) is 5.91 Å². The van der Waals surface area contributed by atoms with Crippen molar-refractivity contribution in [3.05, 3.63) is 65.7 Å². The summed E-state index contributed by atoms with van der Waals surface area (Å²) in [5.74, 6) is 1.35. The number of carbonyl (C=O) groups excluding carboxylic acids is 1. The highest BCUT2D eigenvalue weighted by Gasteiger charge is 2.17. The summed E-state index contributed by atoms with van der Waals surface area (Å²) >= 11 is 0. The van der Waals surface area contributed by atoms with Gasteiger partial charge in [-0.3, -0.25) is 4.79 Å². The molecule has 1 aromatic heterocycles. The third-order valence-corrected chi connectivity index (χ3v) is 5.43. The lowest BCUT2D eigenvalue weighted by Crippen LogP contribution is -2.36. The molecule has 1 aliphatic rings. The van der Waals surface area contributed by atoms with E-state index in [-0.39, 0.29) is 5.91 Å². The van der Waals surface area contributed by atoms with Gasteiger partial charge in [-0.25, -0.2) is 0 Å². The van der Waals surface area contributed by atoms with E-state index in [4.69, 9.17) is 9.47 Å². The van der Waals surface area contributed by atoms with Crippen LogP contribution >= 0.6 is 0 Å². The van der Waals surface area contributed by atoms with Crippen LogP contribution in [-0.2, 0) is 9.53 Å². The van der Waals surface area contributed by atoms with Gasteiger partial charge in [0.15, 0.2) is 11.9 Å². The lowest BCUT2D eigenvalue weighted by atomic mass is 10.1. The van der Waals surface area contributed by atoms with Crippen LogP contribution in [0.3, 0.4) is 0 Å². The predicted octanol–water partition coefficient (Wildman–Crippen LogP) is 4.00. The Kier molecular flexibility index (Phi) is 6.66. The van der Waals surface area contributed by atoms with E-state index >= 15 is 0 Å². The third-order valence-electron chi connectivity index (χ3n) is 5.43. The second-order valence-electron chi connectivity index (χ2n) is 7.98. The number of aryl methyl sites for hydroxylation is 2. The number of amides is 1. The first-order chi connectivity index (χ1) is 15.5. The van der Waals surface area contributed by atoms with Crippen molar-refractivity contribution in [1.82, 2.24) is 10.2 Å². The lowest BCUT2D eigenvalue weighted by molar-refractivity contribution is -0.122. The van der Waals surface area contributed by atoms with E-state index in [0.29, 0.717) is 18.9 Å². The zero-order valence-electron chi connectivity index (χ0n) is 18.7. The van der Waals surface area contributed by atoms with Gasteiger partial charge in [0.2, 0.25) is 0 Å². The van der Waals surface area contributed by atoms with Crippen LogP contribution in [0.2, 0.25) is 0 Å². The van der Waals surface area contributed by atoms with E-state index in [1.807, 2.05) is 68.4 Å². The minimum absolute atomic E-state index is 0.211. The normalized spacial score (nSPS) is 14.7. The molecule has 166 valence electrons. The summed E-state index contributed by atoms with van der Waals surface area (Å²) in [6, 6.07) is 17.5. The van der Waals surface area contributed by atoms with Crippen molar-refractivity contribution < 1.29 is 14.3 Å². The molecule has 1 amide bonds. The Morgan fingerprint density at radius 1 is 1.06 bits per heavy atom. The van der Waals surface area contributed by atoms with E-state index in [0.717, 1.165) is 47.0 Å². The molecule has 7 heteroatoms. The smallest absolute Gasteiger partial charge is 0.265 e. The molecular formula is C25H28N4O3. The standard InChI is InChI=1S/C25H28N4O3/c1-17-7-8-18(2)23(15-17)32-19(3)25(30)26-21-6-4-5-20(16-21)22-9-10-24(28-27-22)29-11-13-31-14-12-29/h4-10,15-16,19H,11-14H2,1-3H3,(H,26,30). The highest BCUT2D eigenvalue weighted by molar-refractivity contribution is 5.94. The van der Waals surface area contributed by atoms with Crippen LogP contribution in [0.25, 0.3) is 11.3 Å². The highest BCUT2D eigenvalue weighted by Crippen LogP contribution is 2.24. The number of aromatic nitrogens is 2. The highest BCUT2D eigenvalue weighted by atomic mass is 16.5. The van der Waals surface area contributed by atoms with Gasteiger partial charge < -0.3 is 19.7 Å². The molecule has 32 heavy (non-hydrogen) atoms. The van der Waals surface area contributed by atoms with Gasteiger partial charge in [-0.1, -0.05) is 24.3 Å². The molecule has 1 saturated heterocycles. The molecule has 0 bridgehead atoms. The van der Waals surface area contributed by atoms with Gasteiger partial charge in [-0.15, -0.1) is 10.2 Å². The number of anilines is 2. The first-order valence-corrected chi connectivity index (χ1v) is 10.8. The molecule has 0 aliphatic carbocycles. The summed E-state index contributed by atoms with van der Waals surface area (Å²) in [5.41, 5.74) is 4.40. The Labute approximate surface area is 188 Å². The predicted molar refractivity (Wildman–Crippen MR) is 125 cm³/mol. The number of hydrogen-bond donors (Lipinski definition) is 1. The van der Waals surface area contributed by atoms with E-state index < -0.39 is 6.10 Å². The monoisotopic (exact) mass is 432 g/mol. The molecule has 2 heterocycles. The third kappa shape index (κ3) is 5.23. The van der Waals surface area contributed by atoms with Gasteiger partial charge in [-0.2, -0.15) is 0 Å². The van der Waals surface area contributed by atoms with Crippen molar-refractivity contribution in [2.24, 2.45) is 0 Å². The molecule has 2 aromatic carbocycles. The Hall–Kier alpha value is -3.45. The molecule has 1 fully saturated rings. The maximum atomic E-state index is 12.7. The SMILES string of the molecule is Cc1ccc(C)c(OC(C)C(=O)Nc2cccc(-c3ccc(N4CCOCC4)nn3)c2)c1. The Morgan fingerprint density at radius 2 is 1.88 bits per heavy atom. The summed E-state index contributed by atoms with van der Waals surface area (Å²) in [6.45, 7) is 8.76. The fourth-order valence-corrected chi connectivity index (χ4v) is 3.52. The number of nitrogens with one attached hydrogen (secondary N) is 1. The molecule has 1 N–H and O–H groups in total. The zero-order chi connectivity index (χ0) is 22.5. The van der Waals surface area contributed by atoms with Crippen molar-refractivity contribution in [1.29, 1.82) is 0 Å². The average molecular weight is 433 g/mol. The van der Waals surface area contributed by atoms with Gasteiger partial charge in [-0.05, 0) is 62.2 Å². The Morgan fingerprint density at radius 3 is 2.62 bits per heavy atom. The molecule has 0 spiro atoms. The van der Waals surface area contributed by atoms with E-state index in [1.54, 1.807) is 6.92 Å². The minimum atomic E-state index is -0.633. The summed E-state index contributed by atoms with van der Waals surface area (Å²) in [6.07, 6.45) is -0.633. The number of morpholine rings is 1. The van der Waals surface area contributed by atoms with Crippen molar-refractivity contribution >= 4 is 17.4 Å². The van der Waals surface area contributed by atoms with E-state index in [2.05, 4.69) is 20.4 Å². The number of hydrogen-bond acceptors (Lipinski definition) is 6. The van der Waals surface area contributed by atoms with Crippen molar-refractivity contribution in [2.75, 3.05) is 36.5 Å². The fraction of sp³-hybridized carbons (Fsp3) is 0.320. The quantitative estimate of drug-likeness (QED) is 0.634. The molecule has 3 aromatic rings. The van der Waals surface area contributed by atoms with E-state index in [1.165, 1.54) is 0 Å². The summed E-state index contributed by atoms with van der Waals surface area (Å²) < 4.78 is 11.3.